The van der Waals surface area contributed by atoms with Gasteiger partial charge in [-0.2, -0.15) is 0 Å². The second-order valence-electron chi connectivity index (χ2n) is 11.8. The fraction of sp³-hybridized carbons (Fsp3) is 0.567. The Morgan fingerprint density at radius 3 is 2.49 bits per heavy atom. The molecule has 3 fully saturated rings. The first-order valence-corrected chi connectivity index (χ1v) is 15.0. The second-order valence-corrected chi connectivity index (χ2v) is 12.6. The summed E-state index contributed by atoms with van der Waals surface area (Å²) < 4.78 is 0. The lowest BCUT2D eigenvalue weighted by Gasteiger charge is -2.46. The number of nitrogens with zero attached hydrogens (tertiary/aromatic N) is 3. The van der Waals surface area contributed by atoms with Crippen LogP contribution in [0.15, 0.2) is 46.0 Å². The molecule has 7 nitrogen and oxygen atoms in total. The highest BCUT2D eigenvalue weighted by Gasteiger charge is 2.58. The standard InChI is InChI=1S/C30H35Cl2N3O4/c31-24-17-23-22(27(32)26(23)24)9-12-35-29(39)34(18-19-5-2-1-3-6-19)28(38)30(35)10-13-33(14-11-30)21-8-4-7-20(15-21)16-25(36)37/h4,7-8,15,17,19,22-23H,1-3,5-6,9-14,16,18H2,(H,36,37). The van der Waals surface area contributed by atoms with E-state index >= 15 is 0 Å². The molecule has 0 aromatic heterocycles. The highest BCUT2D eigenvalue weighted by Crippen LogP contribution is 2.57. The quantitative estimate of drug-likeness (QED) is 0.401. The van der Waals surface area contributed by atoms with Gasteiger partial charge in [-0.15, -0.1) is 0 Å². The van der Waals surface area contributed by atoms with Crippen LogP contribution in [0, 0.1) is 17.8 Å². The molecule has 3 amide bonds. The molecule has 1 aromatic rings. The number of imide groups is 1. The minimum absolute atomic E-state index is 0.0240. The number of aliphatic carboxylic acids is 1. The monoisotopic (exact) mass is 571 g/mol. The van der Waals surface area contributed by atoms with Gasteiger partial charge in [0.15, 0.2) is 0 Å². The van der Waals surface area contributed by atoms with E-state index in [1.165, 1.54) is 6.42 Å². The molecule has 5 aliphatic rings. The summed E-state index contributed by atoms with van der Waals surface area (Å²) in [7, 11) is 0. The molecule has 2 unspecified atom stereocenters. The number of carbonyl (C=O) groups is 3. The van der Waals surface area contributed by atoms with Crippen molar-refractivity contribution >= 4 is 46.8 Å². The van der Waals surface area contributed by atoms with E-state index in [-0.39, 0.29) is 30.2 Å². The average Bonchev–Trinajstić information content (AvgIpc) is 3.09. The topological polar surface area (TPSA) is 81.2 Å². The van der Waals surface area contributed by atoms with Crippen molar-refractivity contribution in [3.8, 4) is 0 Å². The number of fused-ring (bicyclic) bond motifs is 1. The molecule has 2 atom stereocenters. The molecule has 9 heteroatoms. The average molecular weight is 573 g/mol. The lowest BCUT2D eigenvalue weighted by atomic mass is 9.66. The molecule has 2 aliphatic heterocycles. The van der Waals surface area contributed by atoms with E-state index in [1.54, 1.807) is 4.90 Å². The first kappa shape index (κ1) is 26.7. The third-order valence-corrected chi connectivity index (χ3v) is 10.4. The molecule has 0 bridgehead atoms. The number of halogens is 2. The maximum absolute atomic E-state index is 14.1. The third kappa shape index (κ3) is 4.65. The number of allylic oxidation sites excluding steroid dienone is 4. The maximum Gasteiger partial charge on any atom is 0.327 e. The Hall–Kier alpha value is -2.51. The summed E-state index contributed by atoms with van der Waals surface area (Å²) in [4.78, 5) is 44.8. The van der Waals surface area contributed by atoms with Gasteiger partial charge in [0.25, 0.3) is 5.91 Å². The number of benzene rings is 1. The number of carbonyl (C=O) groups excluding carboxylic acids is 2. The zero-order valence-electron chi connectivity index (χ0n) is 22.1. The summed E-state index contributed by atoms with van der Waals surface area (Å²) in [5, 5.41) is 10.7. The SMILES string of the molecule is O=C(O)Cc1cccc(N2CCC3(CC2)C(=O)N(CC2CCCCC2)C(=O)N3CCC2C(Cl)=C3C(Cl)=CC32)c1. The van der Waals surface area contributed by atoms with Crippen LogP contribution in [-0.4, -0.2) is 64.5 Å². The first-order valence-electron chi connectivity index (χ1n) is 14.2. The normalized spacial score (nSPS) is 26.5. The highest BCUT2D eigenvalue weighted by atomic mass is 35.5. The first-order chi connectivity index (χ1) is 18.8. The number of amides is 3. The summed E-state index contributed by atoms with van der Waals surface area (Å²) in [6.45, 7) is 2.26. The van der Waals surface area contributed by atoms with Gasteiger partial charge in [0, 0.05) is 53.8 Å². The third-order valence-electron chi connectivity index (χ3n) is 9.61. The molecule has 2 saturated heterocycles. The van der Waals surface area contributed by atoms with Gasteiger partial charge >= 0.3 is 12.0 Å². The Labute approximate surface area is 239 Å². The number of rotatable bonds is 8. The summed E-state index contributed by atoms with van der Waals surface area (Å²) in [5.41, 5.74) is 1.91. The van der Waals surface area contributed by atoms with Crippen LogP contribution >= 0.6 is 23.2 Å². The Bertz CT molecular complexity index is 1250. The fourth-order valence-electron chi connectivity index (χ4n) is 7.36. The lowest BCUT2D eigenvalue weighted by molar-refractivity contribution is -0.136. The Kier molecular flexibility index (Phi) is 7.17. The molecule has 0 radical (unpaired) electrons. The number of hydrogen-bond donors (Lipinski definition) is 1. The van der Waals surface area contributed by atoms with Gasteiger partial charge in [0.1, 0.15) is 5.54 Å². The van der Waals surface area contributed by atoms with E-state index in [4.69, 9.17) is 23.2 Å². The maximum atomic E-state index is 14.1. The van der Waals surface area contributed by atoms with Gasteiger partial charge in [-0.1, -0.05) is 60.7 Å². The van der Waals surface area contributed by atoms with Crippen LogP contribution < -0.4 is 4.90 Å². The number of carboxylic acid groups (broad SMARTS) is 1. The van der Waals surface area contributed by atoms with E-state index in [1.807, 2.05) is 35.2 Å². The van der Waals surface area contributed by atoms with E-state index in [2.05, 4.69) is 4.90 Å². The van der Waals surface area contributed by atoms with Gasteiger partial charge in [0.2, 0.25) is 0 Å². The predicted octanol–water partition coefficient (Wildman–Crippen LogP) is 5.76. The molecular weight excluding hydrogens is 537 g/mol. The number of urea groups is 1. The van der Waals surface area contributed by atoms with E-state index in [0.29, 0.717) is 51.4 Å². The van der Waals surface area contributed by atoms with Crippen LogP contribution in [-0.2, 0) is 16.0 Å². The summed E-state index contributed by atoms with van der Waals surface area (Å²) in [6.07, 6.45) is 9.54. The van der Waals surface area contributed by atoms with Crippen molar-refractivity contribution in [1.82, 2.24) is 9.80 Å². The highest BCUT2D eigenvalue weighted by molar-refractivity contribution is 6.38. The van der Waals surface area contributed by atoms with Gasteiger partial charge in [-0.25, -0.2) is 4.79 Å². The molecule has 3 aliphatic carbocycles. The van der Waals surface area contributed by atoms with Gasteiger partial charge in [0.05, 0.1) is 6.42 Å². The molecule has 1 aromatic carbocycles. The minimum Gasteiger partial charge on any atom is -0.481 e. The molecule has 2 heterocycles. The van der Waals surface area contributed by atoms with Gasteiger partial charge in [-0.05, 0) is 61.3 Å². The summed E-state index contributed by atoms with van der Waals surface area (Å²) in [5.74, 6) is -0.0858. The van der Waals surface area contributed by atoms with Gasteiger partial charge < -0.3 is 14.9 Å². The van der Waals surface area contributed by atoms with Crippen molar-refractivity contribution < 1.29 is 19.5 Å². The zero-order chi connectivity index (χ0) is 27.3. The van der Waals surface area contributed by atoms with Crippen LogP contribution in [0.25, 0.3) is 0 Å². The van der Waals surface area contributed by atoms with Crippen molar-refractivity contribution in [3.05, 3.63) is 51.5 Å². The van der Waals surface area contributed by atoms with Crippen LogP contribution in [0.3, 0.4) is 0 Å². The Morgan fingerprint density at radius 1 is 1.08 bits per heavy atom. The van der Waals surface area contributed by atoms with Crippen LogP contribution in [0.1, 0.15) is 56.9 Å². The Balaban J connectivity index is 1.20. The van der Waals surface area contributed by atoms with Crippen molar-refractivity contribution in [1.29, 1.82) is 0 Å². The minimum atomic E-state index is -0.860. The number of hydrogen-bond acceptors (Lipinski definition) is 4. The van der Waals surface area contributed by atoms with Crippen molar-refractivity contribution in [2.24, 2.45) is 17.8 Å². The molecule has 1 saturated carbocycles. The van der Waals surface area contributed by atoms with Crippen molar-refractivity contribution in [3.63, 3.8) is 0 Å². The molecule has 208 valence electrons. The van der Waals surface area contributed by atoms with Crippen LogP contribution in [0.2, 0.25) is 0 Å². The largest absolute Gasteiger partial charge is 0.481 e. The van der Waals surface area contributed by atoms with E-state index in [9.17, 15) is 19.5 Å². The fourth-order valence-corrected chi connectivity index (χ4v) is 8.24. The lowest BCUT2D eigenvalue weighted by Crippen LogP contribution is -2.57. The van der Waals surface area contributed by atoms with Crippen LogP contribution in [0.5, 0.6) is 0 Å². The zero-order valence-corrected chi connectivity index (χ0v) is 23.6. The Morgan fingerprint density at radius 2 is 1.82 bits per heavy atom. The van der Waals surface area contributed by atoms with Gasteiger partial charge in [-0.3, -0.25) is 14.5 Å². The second kappa shape index (κ2) is 10.5. The summed E-state index contributed by atoms with van der Waals surface area (Å²) in [6, 6.07) is 7.46. The molecule has 6 rings (SSSR count). The number of anilines is 1. The summed E-state index contributed by atoms with van der Waals surface area (Å²) >= 11 is 12.7. The van der Waals surface area contributed by atoms with E-state index in [0.717, 1.165) is 52.6 Å². The van der Waals surface area contributed by atoms with E-state index < -0.39 is 11.5 Å². The smallest absolute Gasteiger partial charge is 0.327 e. The molecular formula is C30H35Cl2N3O4. The van der Waals surface area contributed by atoms with Crippen molar-refractivity contribution in [2.45, 2.75) is 63.3 Å². The molecule has 1 N–H and O–H groups in total. The van der Waals surface area contributed by atoms with Crippen molar-refractivity contribution in [2.75, 3.05) is 31.1 Å². The molecule has 1 spiro atoms. The number of carboxylic acids is 1. The predicted molar refractivity (Wildman–Crippen MR) is 151 cm³/mol. The van der Waals surface area contributed by atoms with Crippen LogP contribution in [0.4, 0.5) is 10.5 Å². The molecule has 39 heavy (non-hydrogen) atoms. The number of piperidine rings is 1.